The zero-order chi connectivity index (χ0) is 18.6. The smallest absolute Gasteiger partial charge is 0.141 e. The van der Waals surface area contributed by atoms with Gasteiger partial charge < -0.3 is 10.0 Å². The molecule has 2 aromatic heterocycles. The molecule has 0 aliphatic rings. The molecular weight excluding hydrogens is 354 g/mol. The number of hydrogen-bond donors (Lipinski definition) is 2. The van der Waals surface area contributed by atoms with Crippen molar-refractivity contribution in [2.75, 3.05) is 16.3 Å². The summed E-state index contributed by atoms with van der Waals surface area (Å²) in [6.07, 6.45) is 7.26. The molecule has 4 aromatic rings. The second-order valence-electron chi connectivity index (χ2n) is 6.22. The van der Waals surface area contributed by atoms with Crippen LogP contribution in [0.3, 0.4) is 0 Å². The number of anilines is 3. The molecule has 0 spiro atoms. The summed E-state index contributed by atoms with van der Waals surface area (Å²) in [6, 6.07) is 16.5. The van der Waals surface area contributed by atoms with Gasteiger partial charge in [-0.05, 0) is 48.4 Å². The second-order valence-corrected chi connectivity index (χ2v) is 6.83. The summed E-state index contributed by atoms with van der Waals surface area (Å²) in [5, 5.41) is 4.39. The normalized spacial score (nSPS) is 10.7. The molecule has 0 unspecified atom stereocenters. The van der Waals surface area contributed by atoms with Crippen molar-refractivity contribution in [1.82, 2.24) is 15.0 Å². The first-order valence-corrected chi connectivity index (χ1v) is 9.78. The van der Waals surface area contributed by atoms with Crippen LogP contribution in [0.2, 0.25) is 0 Å². The Morgan fingerprint density at radius 3 is 2.67 bits per heavy atom. The molecule has 2 heterocycles. The average Bonchev–Trinajstić information content (AvgIpc) is 2.68. The first-order valence-electron chi connectivity index (χ1n) is 8.56. The SMILES string of the molecule is CSNc1cncc(-c2ccc3ncnc(Nc4cccc(C)c4)c3c2)c1. The molecule has 0 radical (unpaired) electrons. The van der Waals surface area contributed by atoms with E-state index in [9.17, 15) is 0 Å². The fourth-order valence-electron chi connectivity index (χ4n) is 2.97. The number of nitrogens with one attached hydrogen (secondary N) is 2. The van der Waals surface area contributed by atoms with E-state index in [1.165, 1.54) is 5.56 Å². The molecule has 0 aliphatic carbocycles. The van der Waals surface area contributed by atoms with E-state index in [0.29, 0.717) is 0 Å². The van der Waals surface area contributed by atoms with E-state index in [4.69, 9.17) is 0 Å². The van der Waals surface area contributed by atoms with E-state index in [0.717, 1.165) is 39.2 Å². The molecule has 134 valence electrons. The van der Waals surface area contributed by atoms with E-state index in [1.54, 1.807) is 18.3 Å². The third kappa shape index (κ3) is 3.85. The number of fused-ring (bicyclic) bond motifs is 1. The van der Waals surface area contributed by atoms with E-state index in [1.807, 2.05) is 36.8 Å². The summed E-state index contributed by atoms with van der Waals surface area (Å²) in [7, 11) is 0. The van der Waals surface area contributed by atoms with E-state index >= 15 is 0 Å². The van der Waals surface area contributed by atoms with Crippen molar-refractivity contribution < 1.29 is 0 Å². The summed E-state index contributed by atoms with van der Waals surface area (Å²) in [4.78, 5) is 13.2. The van der Waals surface area contributed by atoms with Crippen LogP contribution >= 0.6 is 11.9 Å². The Balaban J connectivity index is 1.76. The van der Waals surface area contributed by atoms with E-state index in [2.05, 4.69) is 62.2 Å². The monoisotopic (exact) mass is 373 g/mol. The van der Waals surface area contributed by atoms with Gasteiger partial charge in [0.25, 0.3) is 0 Å². The zero-order valence-corrected chi connectivity index (χ0v) is 15.9. The van der Waals surface area contributed by atoms with Crippen molar-refractivity contribution in [3.8, 4) is 11.1 Å². The number of aryl methyl sites for hydroxylation is 1. The first kappa shape index (κ1) is 17.3. The largest absolute Gasteiger partial charge is 0.340 e. The number of pyridine rings is 1. The highest BCUT2D eigenvalue weighted by molar-refractivity contribution is 7.99. The van der Waals surface area contributed by atoms with Crippen molar-refractivity contribution in [1.29, 1.82) is 0 Å². The summed E-state index contributed by atoms with van der Waals surface area (Å²) >= 11 is 1.55. The molecule has 0 saturated heterocycles. The van der Waals surface area contributed by atoms with Crippen molar-refractivity contribution in [2.24, 2.45) is 0 Å². The highest BCUT2D eigenvalue weighted by Gasteiger charge is 2.08. The van der Waals surface area contributed by atoms with Crippen molar-refractivity contribution >= 4 is 40.0 Å². The van der Waals surface area contributed by atoms with Gasteiger partial charge in [0.05, 0.1) is 17.4 Å². The predicted octanol–water partition coefficient (Wildman–Crippen LogP) is 5.43. The molecule has 6 heteroatoms. The molecular formula is C21H19N5S. The van der Waals surface area contributed by atoms with Crippen LogP contribution in [0.15, 0.2) is 67.3 Å². The Labute approximate surface area is 162 Å². The first-order chi connectivity index (χ1) is 13.2. The fourth-order valence-corrected chi connectivity index (χ4v) is 3.31. The molecule has 4 rings (SSSR count). The topological polar surface area (TPSA) is 62.7 Å². The van der Waals surface area contributed by atoms with Crippen molar-refractivity contribution in [3.05, 3.63) is 72.8 Å². The van der Waals surface area contributed by atoms with Gasteiger partial charge in [0.2, 0.25) is 0 Å². The lowest BCUT2D eigenvalue weighted by atomic mass is 10.0. The van der Waals surface area contributed by atoms with Gasteiger partial charge >= 0.3 is 0 Å². The van der Waals surface area contributed by atoms with Crippen LogP contribution in [-0.4, -0.2) is 21.2 Å². The molecule has 0 fully saturated rings. The van der Waals surface area contributed by atoms with Gasteiger partial charge in [-0.2, -0.15) is 0 Å². The Morgan fingerprint density at radius 2 is 1.81 bits per heavy atom. The number of aromatic nitrogens is 3. The Kier molecular flexibility index (Phi) is 4.89. The van der Waals surface area contributed by atoms with Gasteiger partial charge in [0.1, 0.15) is 12.1 Å². The number of rotatable bonds is 5. The van der Waals surface area contributed by atoms with Crippen LogP contribution in [0, 0.1) is 6.92 Å². The molecule has 2 N–H and O–H groups in total. The quantitative estimate of drug-likeness (QED) is 0.455. The molecule has 0 saturated carbocycles. The third-order valence-electron chi connectivity index (χ3n) is 4.21. The summed E-state index contributed by atoms with van der Waals surface area (Å²) in [5.74, 6) is 0.791. The molecule has 0 atom stereocenters. The maximum absolute atomic E-state index is 4.46. The summed E-state index contributed by atoms with van der Waals surface area (Å²) in [6.45, 7) is 2.07. The van der Waals surface area contributed by atoms with Gasteiger partial charge in [0, 0.05) is 29.1 Å². The Bertz CT molecular complexity index is 1100. The fraction of sp³-hybridized carbons (Fsp3) is 0.0952. The van der Waals surface area contributed by atoms with Gasteiger partial charge in [-0.15, -0.1) is 0 Å². The van der Waals surface area contributed by atoms with Crippen LogP contribution in [0.4, 0.5) is 17.2 Å². The van der Waals surface area contributed by atoms with Crippen LogP contribution in [0.25, 0.3) is 22.0 Å². The molecule has 5 nitrogen and oxygen atoms in total. The maximum Gasteiger partial charge on any atom is 0.141 e. The lowest BCUT2D eigenvalue weighted by molar-refractivity contribution is 1.22. The van der Waals surface area contributed by atoms with Crippen LogP contribution in [0.5, 0.6) is 0 Å². The van der Waals surface area contributed by atoms with Gasteiger partial charge in [-0.3, -0.25) is 4.98 Å². The summed E-state index contributed by atoms with van der Waals surface area (Å²) < 4.78 is 3.22. The van der Waals surface area contributed by atoms with Crippen LogP contribution in [0.1, 0.15) is 5.56 Å². The maximum atomic E-state index is 4.46. The standard InChI is InChI=1S/C21H19N5S/c1-14-4-3-5-17(8-14)25-21-19-10-15(6-7-20(19)23-13-24-21)16-9-18(26-27-2)12-22-11-16/h3-13,26H,1-2H3,(H,23,24,25). The van der Waals surface area contributed by atoms with Crippen molar-refractivity contribution in [3.63, 3.8) is 0 Å². The third-order valence-corrected chi connectivity index (χ3v) is 4.65. The highest BCUT2D eigenvalue weighted by atomic mass is 32.2. The molecule has 0 bridgehead atoms. The Hall–Kier alpha value is -3.12. The molecule has 27 heavy (non-hydrogen) atoms. The summed E-state index contributed by atoms with van der Waals surface area (Å²) in [5.41, 5.74) is 6.19. The van der Waals surface area contributed by atoms with Crippen molar-refractivity contribution in [2.45, 2.75) is 6.92 Å². The number of nitrogens with zero attached hydrogens (tertiary/aromatic N) is 3. The van der Waals surface area contributed by atoms with Gasteiger partial charge in [-0.1, -0.05) is 30.1 Å². The molecule has 0 amide bonds. The highest BCUT2D eigenvalue weighted by Crippen LogP contribution is 2.29. The van der Waals surface area contributed by atoms with Crippen LogP contribution in [-0.2, 0) is 0 Å². The number of benzene rings is 2. The molecule has 0 aliphatic heterocycles. The van der Waals surface area contributed by atoms with E-state index < -0.39 is 0 Å². The predicted molar refractivity (Wildman–Crippen MR) is 114 cm³/mol. The minimum Gasteiger partial charge on any atom is -0.340 e. The minimum absolute atomic E-state index is 0.791. The lowest BCUT2D eigenvalue weighted by Crippen LogP contribution is -1.96. The van der Waals surface area contributed by atoms with E-state index in [-0.39, 0.29) is 0 Å². The van der Waals surface area contributed by atoms with Gasteiger partial charge in [0.15, 0.2) is 0 Å². The molecule has 2 aromatic carbocycles. The minimum atomic E-state index is 0.791. The van der Waals surface area contributed by atoms with Gasteiger partial charge in [-0.25, -0.2) is 9.97 Å². The second kappa shape index (κ2) is 7.63. The Morgan fingerprint density at radius 1 is 0.889 bits per heavy atom. The lowest BCUT2D eigenvalue weighted by Gasteiger charge is -2.11. The average molecular weight is 373 g/mol. The zero-order valence-electron chi connectivity index (χ0n) is 15.1. The number of hydrogen-bond acceptors (Lipinski definition) is 6. The van der Waals surface area contributed by atoms with Crippen LogP contribution < -0.4 is 10.0 Å².